The molecule has 4 heterocycles. The first-order valence-electron chi connectivity index (χ1n) is 12.1. The molecule has 2 saturated carbocycles. The van der Waals surface area contributed by atoms with Crippen molar-refractivity contribution in [2.24, 2.45) is 0 Å². The summed E-state index contributed by atoms with van der Waals surface area (Å²) in [6.07, 6.45) is 8.91. The predicted octanol–water partition coefficient (Wildman–Crippen LogP) is 3.52. The van der Waals surface area contributed by atoms with Gasteiger partial charge in [0.25, 0.3) is 5.56 Å². The molecule has 0 unspecified atom stereocenters. The van der Waals surface area contributed by atoms with Gasteiger partial charge in [-0.25, -0.2) is 9.67 Å². The average Bonchev–Trinajstić information content (AvgIpc) is 3.70. The van der Waals surface area contributed by atoms with Gasteiger partial charge in [-0.3, -0.25) is 4.79 Å². The van der Waals surface area contributed by atoms with Crippen molar-refractivity contribution in [1.29, 1.82) is 0 Å². The van der Waals surface area contributed by atoms with E-state index in [0.717, 1.165) is 37.2 Å². The third kappa shape index (κ3) is 2.89. The zero-order chi connectivity index (χ0) is 23.1. The van der Waals surface area contributed by atoms with Crippen LogP contribution >= 0.6 is 0 Å². The maximum Gasteiger partial charge on any atom is 0.323 e. The summed E-state index contributed by atoms with van der Waals surface area (Å²) in [5.74, 6) is 0.436. The lowest BCUT2D eigenvalue weighted by atomic mass is 9.92. The Hall–Kier alpha value is -3.46. The van der Waals surface area contributed by atoms with Crippen LogP contribution in [0.1, 0.15) is 56.4 Å². The van der Waals surface area contributed by atoms with Crippen molar-refractivity contribution in [2.45, 2.75) is 63.5 Å². The van der Waals surface area contributed by atoms with Crippen molar-refractivity contribution in [3.63, 3.8) is 0 Å². The lowest BCUT2D eigenvalue weighted by Gasteiger charge is -2.27. The number of nitrogens with one attached hydrogen (secondary N) is 2. The molecular weight excluding hydrogens is 430 g/mol. The van der Waals surface area contributed by atoms with Gasteiger partial charge in [0.2, 0.25) is 5.95 Å². The third-order valence-corrected chi connectivity index (χ3v) is 7.75. The zero-order valence-corrected chi connectivity index (χ0v) is 19.4. The lowest BCUT2D eigenvalue weighted by molar-refractivity contribution is 0.460. The van der Waals surface area contributed by atoms with Crippen LogP contribution in [-0.2, 0) is 23.9 Å². The predicted molar refractivity (Wildman–Crippen MR) is 128 cm³/mol. The highest BCUT2D eigenvalue weighted by Crippen LogP contribution is 2.49. The van der Waals surface area contributed by atoms with Crippen molar-refractivity contribution in [3.8, 4) is 6.01 Å². The summed E-state index contributed by atoms with van der Waals surface area (Å²) >= 11 is 0. The fourth-order valence-electron chi connectivity index (χ4n) is 5.23. The molecule has 174 valence electrons. The second-order valence-electron chi connectivity index (χ2n) is 10.1. The van der Waals surface area contributed by atoms with Crippen LogP contribution < -0.4 is 16.2 Å². The van der Waals surface area contributed by atoms with E-state index in [1.165, 1.54) is 24.0 Å². The summed E-state index contributed by atoms with van der Waals surface area (Å²) in [6, 6.07) is 6.86. The summed E-state index contributed by atoms with van der Waals surface area (Å²) in [5, 5.41) is 7.45. The minimum absolute atomic E-state index is 0.0742. The highest BCUT2D eigenvalue weighted by Gasteiger charge is 2.46. The number of aromatic nitrogens is 5. The molecule has 1 spiro atoms. The number of fused-ring (bicyclic) bond motifs is 3. The van der Waals surface area contributed by atoms with Gasteiger partial charge in [-0.05, 0) is 62.3 Å². The molecule has 3 aliphatic rings. The number of rotatable bonds is 5. The second kappa shape index (κ2) is 6.79. The Morgan fingerprint density at radius 1 is 1.21 bits per heavy atom. The molecule has 4 aromatic rings. The van der Waals surface area contributed by atoms with Gasteiger partial charge in [0.1, 0.15) is 11.6 Å². The van der Waals surface area contributed by atoms with Crippen LogP contribution in [0.25, 0.3) is 17.0 Å². The first-order chi connectivity index (χ1) is 16.5. The third-order valence-electron chi connectivity index (χ3n) is 7.75. The highest BCUT2D eigenvalue weighted by molar-refractivity contribution is 5.76. The van der Waals surface area contributed by atoms with E-state index in [2.05, 4.69) is 40.7 Å². The van der Waals surface area contributed by atoms with Crippen LogP contribution in [0, 0.1) is 0 Å². The molecule has 9 nitrogen and oxygen atoms in total. The fraction of sp³-hybridized carbons (Fsp3) is 0.440. The maximum atomic E-state index is 13.0. The average molecular weight is 458 g/mol. The normalized spacial score (nSPS) is 19.4. The van der Waals surface area contributed by atoms with Gasteiger partial charge in [-0.1, -0.05) is 13.0 Å². The topological polar surface area (TPSA) is 103 Å². The number of anilines is 2. The minimum Gasteiger partial charge on any atom is -0.430 e. The number of hydrogen-bond acceptors (Lipinski definition) is 7. The molecule has 7 rings (SSSR count). The van der Waals surface area contributed by atoms with E-state index < -0.39 is 0 Å². The molecule has 34 heavy (non-hydrogen) atoms. The van der Waals surface area contributed by atoms with Gasteiger partial charge in [0.05, 0.1) is 5.69 Å². The van der Waals surface area contributed by atoms with E-state index in [1.807, 2.05) is 6.92 Å². The molecule has 2 N–H and O–H groups in total. The molecule has 3 aromatic heterocycles. The molecule has 1 aliphatic heterocycles. The minimum atomic E-state index is -0.155. The van der Waals surface area contributed by atoms with Gasteiger partial charge in [-0.2, -0.15) is 14.6 Å². The second-order valence-corrected chi connectivity index (χ2v) is 10.1. The Labute approximate surface area is 196 Å². The summed E-state index contributed by atoms with van der Waals surface area (Å²) < 4.78 is 9.10. The van der Waals surface area contributed by atoms with Crippen LogP contribution in [-0.4, -0.2) is 30.9 Å². The van der Waals surface area contributed by atoms with Crippen molar-refractivity contribution < 1.29 is 4.42 Å². The van der Waals surface area contributed by atoms with Crippen LogP contribution in [0.3, 0.4) is 0 Å². The lowest BCUT2D eigenvalue weighted by Crippen LogP contribution is -2.36. The molecule has 0 bridgehead atoms. The molecule has 0 atom stereocenters. The molecular formula is C25H27N7O2. The molecule has 2 aliphatic carbocycles. The number of oxazole rings is 1. The van der Waals surface area contributed by atoms with Gasteiger partial charge in [-0.15, -0.1) is 0 Å². The Bertz CT molecular complexity index is 1500. The van der Waals surface area contributed by atoms with Crippen molar-refractivity contribution >= 4 is 22.7 Å². The Kier molecular flexibility index (Phi) is 3.98. The van der Waals surface area contributed by atoms with E-state index >= 15 is 0 Å². The maximum absolute atomic E-state index is 13.0. The summed E-state index contributed by atoms with van der Waals surface area (Å²) in [7, 11) is 0. The molecule has 9 heteroatoms. The first-order valence-corrected chi connectivity index (χ1v) is 12.1. The molecule has 0 radical (unpaired) electrons. The number of benzene rings is 1. The number of nitrogens with zero attached hydrogens (tertiary/aromatic N) is 5. The number of hydrogen-bond donors (Lipinski definition) is 2. The summed E-state index contributed by atoms with van der Waals surface area (Å²) in [4.78, 5) is 26.9. The Morgan fingerprint density at radius 3 is 2.82 bits per heavy atom. The molecule has 1 aromatic carbocycles. The van der Waals surface area contributed by atoms with E-state index in [-0.39, 0.29) is 16.5 Å². The van der Waals surface area contributed by atoms with Crippen molar-refractivity contribution in [3.05, 3.63) is 57.8 Å². The quantitative estimate of drug-likeness (QED) is 0.473. The van der Waals surface area contributed by atoms with Crippen LogP contribution in [0.4, 0.5) is 11.6 Å². The van der Waals surface area contributed by atoms with Crippen molar-refractivity contribution in [2.75, 3.05) is 11.9 Å². The van der Waals surface area contributed by atoms with Gasteiger partial charge in [0.15, 0.2) is 5.65 Å². The summed E-state index contributed by atoms with van der Waals surface area (Å²) in [6.45, 7) is 5.57. The summed E-state index contributed by atoms with van der Waals surface area (Å²) in [5.41, 5.74) is 5.26. The Morgan fingerprint density at radius 2 is 2.06 bits per heavy atom. The largest absolute Gasteiger partial charge is 0.430 e. The first kappa shape index (κ1) is 20.0. The highest BCUT2D eigenvalue weighted by atomic mass is 16.4. The van der Waals surface area contributed by atoms with Crippen LogP contribution in [0.15, 0.2) is 39.9 Å². The van der Waals surface area contributed by atoms with Gasteiger partial charge in [0, 0.05) is 35.9 Å². The van der Waals surface area contributed by atoms with Gasteiger partial charge >= 0.3 is 6.01 Å². The monoisotopic (exact) mass is 457 g/mol. The van der Waals surface area contributed by atoms with E-state index in [9.17, 15) is 4.79 Å². The smallest absolute Gasteiger partial charge is 0.323 e. The van der Waals surface area contributed by atoms with Crippen LogP contribution in [0.2, 0.25) is 0 Å². The van der Waals surface area contributed by atoms with E-state index in [0.29, 0.717) is 29.5 Å². The molecule has 0 amide bonds. The van der Waals surface area contributed by atoms with E-state index in [4.69, 9.17) is 14.4 Å². The van der Waals surface area contributed by atoms with Crippen LogP contribution in [0.5, 0.6) is 0 Å². The van der Waals surface area contributed by atoms with Crippen molar-refractivity contribution in [1.82, 2.24) is 29.6 Å². The zero-order valence-electron chi connectivity index (χ0n) is 19.4. The standard InChI is InChI=1S/C25H27N7O2/c1-3-31-21(33)17-13-26-22(28-16-4-5-18-15(12-16)6-11-27-25(18)9-10-25)30-20(17)32(31)23-29-19(14-34-23)24(2)7-8-24/h4-5,12-14,27H,3,6-11H2,1-2H3,(H,26,28,30). The SMILES string of the molecule is CCn1c(=O)c2cnc(Nc3ccc4c(c3)CCNC43CC3)nc2n1-c1nc(C2(C)CC2)co1. The van der Waals surface area contributed by atoms with Gasteiger partial charge < -0.3 is 15.1 Å². The molecule has 2 fully saturated rings. The van der Waals surface area contributed by atoms with E-state index in [1.54, 1.807) is 21.8 Å². The Balaban J connectivity index is 1.28. The molecule has 0 saturated heterocycles. The fourth-order valence-corrected chi connectivity index (χ4v) is 5.23.